The standard InChI is InChI=1S/C13H16ClN3O2S/c14-11-8-10(17(18)19)6-7-12(11)16-13(20)15-9-4-2-1-3-5-9/h6-9H,1-5H2,(H2,15,16,20). The lowest BCUT2D eigenvalue weighted by Gasteiger charge is -2.24. The van der Waals surface area contributed by atoms with Crippen LogP contribution in [-0.2, 0) is 0 Å². The van der Waals surface area contributed by atoms with Gasteiger partial charge in [-0.25, -0.2) is 0 Å². The van der Waals surface area contributed by atoms with Crippen LogP contribution >= 0.6 is 23.8 Å². The van der Waals surface area contributed by atoms with Gasteiger partial charge < -0.3 is 10.6 Å². The number of hydrogen-bond donors (Lipinski definition) is 2. The van der Waals surface area contributed by atoms with Gasteiger partial charge in [-0.1, -0.05) is 30.9 Å². The number of thiocarbonyl (C=S) groups is 1. The predicted octanol–water partition coefficient (Wildman–Crippen LogP) is 3.87. The van der Waals surface area contributed by atoms with E-state index in [1.165, 1.54) is 31.4 Å². The van der Waals surface area contributed by atoms with E-state index < -0.39 is 4.92 Å². The molecule has 2 rings (SSSR count). The molecule has 1 aromatic rings. The number of nitro benzene ring substituents is 1. The maximum absolute atomic E-state index is 10.6. The fourth-order valence-electron chi connectivity index (χ4n) is 2.31. The average molecular weight is 314 g/mol. The van der Waals surface area contributed by atoms with E-state index in [2.05, 4.69) is 10.6 Å². The summed E-state index contributed by atoms with van der Waals surface area (Å²) >= 11 is 11.3. The average Bonchev–Trinajstić information content (AvgIpc) is 2.42. The molecule has 0 amide bonds. The second-order valence-electron chi connectivity index (χ2n) is 4.85. The molecule has 1 aliphatic rings. The van der Waals surface area contributed by atoms with E-state index in [0.29, 0.717) is 16.8 Å². The molecule has 2 N–H and O–H groups in total. The summed E-state index contributed by atoms with van der Waals surface area (Å²) in [7, 11) is 0. The van der Waals surface area contributed by atoms with Gasteiger partial charge in [-0.15, -0.1) is 0 Å². The highest BCUT2D eigenvalue weighted by Crippen LogP contribution is 2.26. The molecule has 1 aliphatic carbocycles. The van der Waals surface area contributed by atoms with E-state index in [-0.39, 0.29) is 10.7 Å². The third kappa shape index (κ3) is 4.05. The summed E-state index contributed by atoms with van der Waals surface area (Å²) in [5, 5.41) is 17.7. The number of rotatable bonds is 3. The van der Waals surface area contributed by atoms with Gasteiger partial charge in [-0.2, -0.15) is 0 Å². The number of nitrogens with one attached hydrogen (secondary N) is 2. The van der Waals surface area contributed by atoms with Crippen LogP contribution in [0.2, 0.25) is 5.02 Å². The zero-order valence-electron chi connectivity index (χ0n) is 10.9. The van der Waals surface area contributed by atoms with Gasteiger partial charge in [0.25, 0.3) is 5.69 Å². The third-order valence-electron chi connectivity index (χ3n) is 3.35. The van der Waals surface area contributed by atoms with Gasteiger partial charge in [0.05, 0.1) is 15.6 Å². The van der Waals surface area contributed by atoms with Crippen molar-refractivity contribution in [3.8, 4) is 0 Å². The van der Waals surface area contributed by atoms with Crippen LogP contribution in [0.4, 0.5) is 11.4 Å². The van der Waals surface area contributed by atoms with Gasteiger partial charge in [-0.05, 0) is 31.1 Å². The molecule has 1 fully saturated rings. The maximum atomic E-state index is 10.6. The van der Waals surface area contributed by atoms with E-state index in [1.807, 2.05) is 0 Å². The number of nitrogens with zero attached hydrogens (tertiary/aromatic N) is 1. The lowest BCUT2D eigenvalue weighted by molar-refractivity contribution is -0.384. The van der Waals surface area contributed by atoms with E-state index in [4.69, 9.17) is 23.8 Å². The minimum atomic E-state index is -0.478. The molecule has 108 valence electrons. The third-order valence-corrected chi connectivity index (χ3v) is 3.88. The molecule has 0 unspecified atom stereocenters. The number of hydrogen-bond acceptors (Lipinski definition) is 3. The molecule has 0 aliphatic heterocycles. The Balaban J connectivity index is 1.95. The largest absolute Gasteiger partial charge is 0.360 e. The van der Waals surface area contributed by atoms with E-state index >= 15 is 0 Å². The van der Waals surface area contributed by atoms with Crippen LogP contribution in [0.5, 0.6) is 0 Å². The fraction of sp³-hybridized carbons (Fsp3) is 0.462. The molecular weight excluding hydrogens is 298 g/mol. The van der Waals surface area contributed by atoms with Gasteiger partial charge in [0.15, 0.2) is 5.11 Å². The summed E-state index contributed by atoms with van der Waals surface area (Å²) in [5.74, 6) is 0. The van der Waals surface area contributed by atoms with Crippen molar-refractivity contribution in [1.82, 2.24) is 5.32 Å². The lowest BCUT2D eigenvalue weighted by atomic mass is 9.96. The molecule has 0 heterocycles. The fourth-order valence-corrected chi connectivity index (χ4v) is 2.81. The van der Waals surface area contributed by atoms with Crippen molar-refractivity contribution in [1.29, 1.82) is 0 Å². The minimum Gasteiger partial charge on any atom is -0.360 e. The number of non-ortho nitro benzene ring substituents is 1. The van der Waals surface area contributed by atoms with Crippen LogP contribution in [-0.4, -0.2) is 16.1 Å². The SMILES string of the molecule is O=[N+]([O-])c1ccc(NC(=S)NC2CCCCC2)c(Cl)c1. The van der Waals surface area contributed by atoms with Crippen molar-refractivity contribution in [3.63, 3.8) is 0 Å². The monoisotopic (exact) mass is 313 g/mol. The van der Waals surface area contributed by atoms with E-state index in [1.54, 1.807) is 6.07 Å². The Morgan fingerprint density at radius 1 is 1.35 bits per heavy atom. The normalized spacial score (nSPS) is 15.7. The summed E-state index contributed by atoms with van der Waals surface area (Å²) in [6.07, 6.45) is 5.97. The van der Waals surface area contributed by atoms with Crippen molar-refractivity contribution >= 4 is 40.3 Å². The Kier molecular flexibility index (Phi) is 5.14. The van der Waals surface area contributed by atoms with Gasteiger partial charge in [0, 0.05) is 18.2 Å². The maximum Gasteiger partial charge on any atom is 0.271 e. The summed E-state index contributed by atoms with van der Waals surface area (Å²) in [6.45, 7) is 0. The number of anilines is 1. The minimum absolute atomic E-state index is 0.0355. The molecule has 0 aromatic heterocycles. The van der Waals surface area contributed by atoms with Crippen LogP contribution in [0, 0.1) is 10.1 Å². The molecule has 1 saturated carbocycles. The second-order valence-corrected chi connectivity index (χ2v) is 5.67. The Labute approximate surface area is 127 Å². The zero-order valence-corrected chi connectivity index (χ0v) is 12.5. The Morgan fingerprint density at radius 3 is 2.65 bits per heavy atom. The molecule has 0 atom stereocenters. The summed E-state index contributed by atoms with van der Waals surface area (Å²) in [5.41, 5.74) is 0.539. The van der Waals surface area contributed by atoms with Gasteiger partial charge in [-0.3, -0.25) is 10.1 Å². The van der Waals surface area contributed by atoms with Gasteiger partial charge >= 0.3 is 0 Å². The first kappa shape index (κ1) is 15.0. The highest BCUT2D eigenvalue weighted by Gasteiger charge is 2.15. The van der Waals surface area contributed by atoms with Gasteiger partial charge in [0.2, 0.25) is 0 Å². The Bertz CT molecular complexity index is 518. The Morgan fingerprint density at radius 2 is 2.05 bits per heavy atom. The van der Waals surface area contributed by atoms with Gasteiger partial charge in [0.1, 0.15) is 0 Å². The Hall–Kier alpha value is -1.40. The van der Waals surface area contributed by atoms with Crippen LogP contribution in [0.1, 0.15) is 32.1 Å². The first-order chi connectivity index (χ1) is 9.56. The van der Waals surface area contributed by atoms with Crippen molar-refractivity contribution in [3.05, 3.63) is 33.3 Å². The van der Waals surface area contributed by atoms with E-state index in [0.717, 1.165) is 12.8 Å². The lowest BCUT2D eigenvalue weighted by Crippen LogP contribution is -2.38. The van der Waals surface area contributed by atoms with Crippen LogP contribution in [0.25, 0.3) is 0 Å². The summed E-state index contributed by atoms with van der Waals surface area (Å²) in [4.78, 5) is 10.2. The molecule has 0 radical (unpaired) electrons. The number of benzene rings is 1. The molecular formula is C13H16ClN3O2S. The van der Waals surface area contributed by atoms with Crippen molar-refractivity contribution in [2.75, 3.05) is 5.32 Å². The predicted molar refractivity (Wildman–Crippen MR) is 84.3 cm³/mol. The molecule has 7 heteroatoms. The van der Waals surface area contributed by atoms with Crippen molar-refractivity contribution < 1.29 is 4.92 Å². The highest BCUT2D eigenvalue weighted by atomic mass is 35.5. The molecule has 20 heavy (non-hydrogen) atoms. The molecule has 0 saturated heterocycles. The smallest absolute Gasteiger partial charge is 0.271 e. The molecule has 1 aromatic carbocycles. The summed E-state index contributed by atoms with van der Waals surface area (Å²) < 4.78 is 0. The van der Waals surface area contributed by atoms with E-state index in [9.17, 15) is 10.1 Å². The first-order valence-electron chi connectivity index (χ1n) is 6.58. The summed E-state index contributed by atoms with van der Waals surface area (Å²) in [6, 6.07) is 4.68. The van der Waals surface area contributed by atoms with Crippen LogP contribution in [0.3, 0.4) is 0 Å². The first-order valence-corrected chi connectivity index (χ1v) is 7.36. The van der Waals surface area contributed by atoms with Crippen LogP contribution < -0.4 is 10.6 Å². The molecule has 0 bridgehead atoms. The molecule has 5 nitrogen and oxygen atoms in total. The number of nitro groups is 1. The zero-order chi connectivity index (χ0) is 14.5. The molecule has 0 spiro atoms. The van der Waals surface area contributed by atoms with Crippen LogP contribution in [0.15, 0.2) is 18.2 Å². The second kappa shape index (κ2) is 6.85. The topological polar surface area (TPSA) is 67.2 Å². The quantitative estimate of drug-likeness (QED) is 0.504. The van der Waals surface area contributed by atoms with Crippen molar-refractivity contribution in [2.45, 2.75) is 38.1 Å². The van der Waals surface area contributed by atoms with Crippen molar-refractivity contribution in [2.24, 2.45) is 0 Å². The number of halogens is 1. The highest BCUT2D eigenvalue weighted by molar-refractivity contribution is 7.80.